The van der Waals surface area contributed by atoms with Crippen molar-refractivity contribution >= 4 is 12.1 Å². The largest absolute Gasteiger partial charge is 0.486 e. The number of hydrogen-bond donors (Lipinski definition) is 0. The highest BCUT2D eigenvalue weighted by Crippen LogP contribution is 2.30. The number of nitriles is 1. The van der Waals surface area contributed by atoms with Gasteiger partial charge in [0, 0.05) is 25.1 Å². The minimum absolute atomic E-state index is 0.00208. The van der Waals surface area contributed by atoms with Crippen LogP contribution in [-0.2, 0) is 4.79 Å². The van der Waals surface area contributed by atoms with E-state index in [-0.39, 0.29) is 36.7 Å². The van der Waals surface area contributed by atoms with E-state index in [4.69, 9.17) is 10.00 Å². The van der Waals surface area contributed by atoms with Gasteiger partial charge in [0.15, 0.2) is 11.6 Å². The second-order valence-corrected chi connectivity index (χ2v) is 6.79. The Bertz CT molecular complexity index is 1030. The van der Waals surface area contributed by atoms with Gasteiger partial charge in [-0.25, -0.2) is 18.2 Å². The van der Waals surface area contributed by atoms with E-state index in [2.05, 4.69) is 11.7 Å². The summed E-state index contributed by atoms with van der Waals surface area (Å²) in [4.78, 5) is 12.6. The van der Waals surface area contributed by atoms with Gasteiger partial charge in [-0.3, -0.25) is 4.79 Å². The highest BCUT2D eigenvalue weighted by Gasteiger charge is 2.28. The minimum atomic E-state index is -0.718. The molecule has 0 saturated heterocycles. The topological polar surface area (TPSA) is 65.7 Å². The maximum Gasteiger partial charge on any atom is 0.243 e. The fourth-order valence-electron chi connectivity index (χ4n) is 3.04. The van der Waals surface area contributed by atoms with Gasteiger partial charge in [0.25, 0.3) is 0 Å². The first-order valence-electron chi connectivity index (χ1n) is 9.17. The lowest BCUT2D eigenvalue weighted by atomic mass is 10.0. The first-order valence-corrected chi connectivity index (χ1v) is 9.17. The zero-order valence-electron chi connectivity index (χ0n) is 15.9. The Labute approximate surface area is 171 Å². The fraction of sp³-hybridized carbons (Fsp3) is 0.227. The Morgan fingerprint density at radius 1 is 1.20 bits per heavy atom. The van der Waals surface area contributed by atoms with Gasteiger partial charge in [-0.15, -0.1) is 0 Å². The molecule has 154 valence electrons. The average Bonchev–Trinajstić information content (AvgIpc) is 3.20. The molecule has 3 rings (SSSR count). The molecule has 8 heteroatoms. The van der Waals surface area contributed by atoms with Crippen LogP contribution >= 0.6 is 0 Å². The van der Waals surface area contributed by atoms with E-state index in [1.54, 1.807) is 0 Å². The van der Waals surface area contributed by atoms with Crippen molar-refractivity contribution in [3.05, 3.63) is 77.1 Å². The number of carbonyl (C=O) groups is 1. The lowest BCUT2D eigenvalue weighted by Crippen LogP contribution is -2.27. The third kappa shape index (κ3) is 5.06. The Morgan fingerprint density at radius 2 is 1.93 bits per heavy atom. The van der Waals surface area contributed by atoms with Crippen molar-refractivity contribution in [2.75, 3.05) is 6.61 Å². The van der Waals surface area contributed by atoms with Gasteiger partial charge in [-0.1, -0.05) is 6.58 Å². The number of hydrazone groups is 1. The number of nitrogens with zero attached hydrogens (tertiary/aromatic N) is 3. The van der Waals surface area contributed by atoms with Crippen LogP contribution in [0.3, 0.4) is 0 Å². The Morgan fingerprint density at radius 3 is 2.60 bits per heavy atom. The van der Waals surface area contributed by atoms with Crippen molar-refractivity contribution in [1.82, 2.24) is 5.01 Å². The second kappa shape index (κ2) is 9.27. The highest BCUT2D eigenvalue weighted by molar-refractivity contribution is 5.80. The summed E-state index contributed by atoms with van der Waals surface area (Å²) in [5.74, 6) is -2.44. The SMILES string of the molecule is C=C(CCC(=O)N1N=CCC1c1cc(F)cc(F)c1)COc1ccc(C#N)cc1F. The number of benzene rings is 2. The summed E-state index contributed by atoms with van der Waals surface area (Å²) in [6, 6.07) is 8.26. The van der Waals surface area contributed by atoms with E-state index >= 15 is 0 Å². The molecule has 2 aromatic rings. The smallest absolute Gasteiger partial charge is 0.243 e. The molecule has 0 radical (unpaired) electrons. The summed E-state index contributed by atoms with van der Waals surface area (Å²) in [7, 11) is 0. The maximum atomic E-state index is 13.8. The molecule has 0 saturated carbocycles. The molecule has 0 bridgehead atoms. The summed E-state index contributed by atoms with van der Waals surface area (Å²) in [5.41, 5.74) is 1.07. The number of amides is 1. The Balaban J connectivity index is 1.53. The lowest BCUT2D eigenvalue weighted by molar-refractivity contribution is -0.133. The van der Waals surface area contributed by atoms with Crippen LogP contribution in [0.4, 0.5) is 13.2 Å². The van der Waals surface area contributed by atoms with Gasteiger partial charge in [-0.05, 0) is 47.9 Å². The Hall–Kier alpha value is -3.60. The van der Waals surface area contributed by atoms with Crippen LogP contribution in [0.1, 0.15) is 36.4 Å². The lowest BCUT2D eigenvalue weighted by Gasteiger charge is -2.22. The molecule has 1 heterocycles. The van der Waals surface area contributed by atoms with Crippen LogP contribution in [-0.4, -0.2) is 23.7 Å². The fourth-order valence-corrected chi connectivity index (χ4v) is 3.04. The van der Waals surface area contributed by atoms with E-state index < -0.39 is 23.5 Å². The van der Waals surface area contributed by atoms with Crippen LogP contribution in [0.5, 0.6) is 5.75 Å². The van der Waals surface area contributed by atoms with Crippen molar-refractivity contribution in [2.45, 2.75) is 25.3 Å². The molecule has 1 aliphatic heterocycles. The highest BCUT2D eigenvalue weighted by atomic mass is 19.1. The van der Waals surface area contributed by atoms with Crippen LogP contribution in [0.25, 0.3) is 0 Å². The monoisotopic (exact) mass is 413 g/mol. The molecule has 0 fully saturated rings. The second-order valence-electron chi connectivity index (χ2n) is 6.79. The van der Waals surface area contributed by atoms with E-state index in [9.17, 15) is 18.0 Å². The molecule has 1 amide bonds. The summed E-state index contributed by atoms with van der Waals surface area (Å²) in [5, 5.41) is 14.0. The van der Waals surface area contributed by atoms with Gasteiger partial charge >= 0.3 is 0 Å². The molecule has 5 nitrogen and oxygen atoms in total. The quantitative estimate of drug-likeness (QED) is 0.621. The summed E-state index contributed by atoms with van der Waals surface area (Å²) >= 11 is 0. The molecule has 0 spiro atoms. The third-order valence-corrected chi connectivity index (χ3v) is 4.54. The van der Waals surface area contributed by atoms with Crippen LogP contribution in [0, 0.1) is 28.8 Å². The summed E-state index contributed by atoms with van der Waals surface area (Å²) in [6.07, 6.45) is 2.21. The van der Waals surface area contributed by atoms with E-state index in [0.717, 1.165) is 12.1 Å². The van der Waals surface area contributed by atoms with Crippen molar-refractivity contribution in [1.29, 1.82) is 5.26 Å². The molecular weight excluding hydrogens is 395 g/mol. The van der Waals surface area contributed by atoms with E-state index in [1.165, 1.54) is 35.5 Å². The van der Waals surface area contributed by atoms with Crippen molar-refractivity contribution in [3.63, 3.8) is 0 Å². The van der Waals surface area contributed by atoms with Gasteiger partial charge in [0.05, 0.1) is 17.7 Å². The van der Waals surface area contributed by atoms with Crippen molar-refractivity contribution in [3.8, 4) is 11.8 Å². The van der Waals surface area contributed by atoms with Crippen LogP contribution < -0.4 is 4.74 Å². The molecule has 0 N–H and O–H groups in total. The predicted octanol–water partition coefficient (Wildman–Crippen LogP) is 4.65. The summed E-state index contributed by atoms with van der Waals surface area (Å²) < 4.78 is 46.2. The zero-order chi connectivity index (χ0) is 21.7. The number of halogens is 3. The van der Waals surface area contributed by atoms with Crippen LogP contribution in [0.2, 0.25) is 0 Å². The molecule has 1 unspecified atom stereocenters. The van der Waals surface area contributed by atoms with Crippen molar-refractivity contribution < 1.29 is 22.7 Å². The maximum absolute atomic E-state index is 13.8. The molecule has 1 aliphatic rings. The molecule has 0 aliphatic carbocycles. The predicted molar refractivity (Wildman–Crippen MR) is 104 cm³/mol. The van der Waals surface area contributed by atoms with Gasteiger partial charge in [0.1, 0.15) is 18.2 Å². The normalized spacial score (nSPS) is 15.1. The average molecular weight is 413 g/mol. The van der Waals surface area contributed by atoms with Gasteiger partial charge in [0.2, 0.25) is 5.91 Å². The first kappa shape index (κ1) is 21.1. The van der Waals surface area contributed by atoms with Gasteiger partial charge < -0.3 is 4.74 Å². The van der Waals surface area contributed by atoms with Crippen LogP contribution in [0.15, 0.2) is 53.7 Å². The number of carbonyl (C=O) groups excluding carboxylic acids is 1. The summed E-state index contributed by atoms with van der Waals surface area (Å²) in [6.45, 7) is 3.82. The third-order valence-electron chi connectivity index (χ3n) is 4.54. The molecule has 1 atom stereocenters. The molecular formula is C22H18F3N3O2. The molecule has 2 aromatic carbocycles. The Kier molecular flexibility index (Phi) is 6.52. The molecule has 0 aromatic heterocycles. The van der Waals surface area contributed by atoms with Crippen molar-refractivity contribution in [2.24, 2.45) is 5.10 Å². The standard InChI is InChI=1S/C22H18F3N3O2/c1-14(13-30-21-4-3-15(12-26)8-19(21)25)2-5-22(29)28-20(6-7-27-28)16-9-17(23)11-18(24)10-16/h3-4,7-11,20H,1-2,5-6,13H2. The number of rotatable bonds is 7. The number of hydrogen-bond acceptors (Lipinski definition) is 4. The molecule has 30 heavy (non-hydrogen) atoms. The minimum Gasteiger partial charge on any atom is -0.486 e. The number of ether oxygens (including phenoxy) is 1. The zero-order valence-corrected chi connectivity index (χ0v) is 15.9. The van der Waals surface area contributed by atoms with E-state index in [0.29, 0.717) is 17.6 Å². The van der Waals surface area contributed by atoms with E-state index in [1.807, 2.05) is 6.07 Å². The van der Waals surface area contributed by atoms with Gasteiger partial charge in [-0.2, -0.15) is 10.4 Å². The first-order chi connectivity index (χ1) is 14.4.